The zero-order chi connectivity index (χ0) is 12.9. The molecular formula is C16H34N2. The lowest BCUT2D eigenvalue weighted by molar-refractivity contribution is 0.211. The van der Waals surface area contributed by atoms with Crippen LogP contribution in [-0.2, 0) is 0 Å². The van der Waals surface area contributed by atoms with E-state index in [9.17, 15) is 0 Å². The van der Waals surface area contributed by atoms with Crippen molar-refractivity contribution < 1.29 is 0 Å². The van der Waals surface area contributed by atoms with Crippen LogP contribution in [0.5, 0.6) is 0 Å². The van der Waals surface area contributed by atoms with Crippen LogP contribution in [-0.4, -0.2) is 31.2 Å². The number of nitrogens with zero attached hydrogens (tertiary/aromatic N) is 1. The summed E-state index contributed by atoms with van der Waals surface area (Å²) in [6.45, 7) is 7.25. The van der Waals surface area contributed by atoms with Crippen molar-refractivity contribution in [3.8, 4) is 0 Å². The van der Waals surface area contributed by atoms with Crippen molar-refractivity contribution in [2.24, 2.45) is 0 Å². The molecule has 2 nitrogen and oxygen atoms in total. The first-order valence-corrected chi connectivity index (χ1v) is 8.36. The minimum absolute atomic E-state index is 1.12. The Kier molecular flexibility index (Phi) is 10.6. The summed E-state index contributed by atoms with van der Waals surface area (Å²) in [5.74, 6) is 0. The minimum atomic E-state index is 1.12. The van der Waals surface area contributed by atoms with Crippen molar-refractivity contribution in [3.63, 3.8) is 0 Å². The van der Waals surface area contributed by atoms with Gasteiger partial charge < -0.3 is 5.32 Å². The molecule has 108 valence electrons. The van der Waals surface area contributed by atoms with Gasteiger partial charge in [0.2, 0.25) is 0 Å². The molecule has 0 aromatic rings. The van der Waals surface area contributed by atoms with Gasteiger partial charge in [0.25, 0.3) is 0 Å². The minimum Gasteiger partial charge on any atom is -0.304 e. The van der Waals surface area contributed by atoms with Gasteiger partial charge in [-0.05, 0) is 25.9 Å². The van der Waals surface area contributed by atoms with Gasteiger partial charge >= 0.3 is 0 Å². The maximum Gasteiger partial charge on any atom is 0.0480 e. The van der Waals surface area contributed by atoms with E-state index in [0.29, 0.717) is 0 Å². The Bertz CT molecular complexity index is 164. The van der Waals surface area contributed by atoms with Gasteiger partial charge in [-0.25, -0.2) is 0 Å². The van der Waals surface area contributed by atoms with Gasteiger partial charge in [-0.2, -0.15) is 0 Å². The van der Waals surface area contributed by atoms with Crippen molar-refractivity contribution >= 4 is 0 Å². The Labute approximate surface area is 115 Å². The molecule has 0 saturated carbocycles. The molecule has 0 aromatic carbocycles. The van der Waals surface area contributed by atoms with Crippen LogP contribution >= 0.6 is 0 Å². The van der Waals surface area contributed by atoms with E-state index in [0.717, 1.165) is 6.67 Å². The summed E-state index contributed by atoms with van der Waals surface area (Å²) in [7, 11) is 0. The van der Waals surface area contributed by atoms with Crippen molar-refractivity contribution in [2.45, 2.75) is 77.6 Å². The molecule has 1 saturated heterocycles. The average Bonchev–Trinajstić information content (AvgIpc) is 2.42. The molecule has 0 atom stereocenters. The van der Waals surface area contributed by atoms with Gasteiger partial charge in [0.1, 0.15) is 0 Å². The van der Waals surface area contributed by atoms with Crippen LogP contribution in [0.25, 0.3) is 0 Å². The number of unbranched alkanes of at least 4 members (excludes halogenated alkanes) is 9. The standard InChI is InChI=1S/C16H34N2/c1-2-3-4-5-6-7-8-9-10-11-14-18-15-12-13-17-16-18/h17H,2-16H2,1H3. The highest BCUT2D eigenvalue weighted by Gasteiger charge is 2.07. The fourth-order valence-corrected chi connectivity index (χ4v) is 2.76. The van der Waals surface area contributed by atoms with Gasteiger partial charge in [0.15, 0.2) is 0 Å². The van der Waals surface area contributed by atoms with E-state index in [1.54, 1.807) is 0 Å². The van der Waals surface area contributed by atoms with Crippen LogP contribution in [0, 0.1) is 0 Å². The highest BCUT2D eigenvalue weighted by Crippen LogP contribution is 2.11. The zero-order valence-electron chi connectivity index (χ0n) is 12.6. The maximum absolute atomic E-state index is 3.45. The maximum atomic E-state index is 3.45. The molecule has 1 aliphatic heterocycles. The second-order valence-electron chi connectivity index (χ2n) is 5.81. The lowest BCUT2D eigenvalue weighted by Crippen LogP contribution is -2.41. The molecule has 0 radical (unpaired) electrons. The summed E-state index contributed by atoms with van der Waals surface area (Å²) < 4.78 is 0. The largest absolute Gasteiger partial charge is 0.304 e. The van der Waals surface area contributed by atoms with E-state index < -0.39 is 0 Å². The number of hydrogen-bond donors (Lipinski definition) is 1. The molecule has 1 N–H and O–H groups in total. The number of nitrogens with one attached hydrogen (secondary N) is 1. The van der Waals surface area contributed by atoms with E-state index in [4.69, 9.17) is 0 Å². The lowest BCUT2D eigenvalue weighted by atomic mass is 10.1. The van der Waals surface area contributed by atoms with Gasteiger partial charge in [0, 0.05) is 13.2 Å². The molecule has 1 fully saturated rings. The van der Waals surface area contributed by atoms with Crippen molar-refractivity contribution in [1.29, 1.82) is 0 Å². The quantitative estimate of drug-likeness (QED) is 0.557. The average molecular weight is 254 g/mol. The first-order chi connectivity index (χ1) is 8.93. The Morgan fingerprint density at radius 3 is 2.00 bits per heavy atom. The Morgan fingerprint density at radius 2 is 1.44 bits per heavy atom. The van der Waals surface area contributed by atoms with Crippen LogP contribution in [0.4, 0.5) is 0 Å². The van der Waals surface area contributed by atoms with E-state index in [1.807, 2.05) is 0 Å². The second-order valence-corrected chi connectivity index (χ2v) is 5.81. The van der Waals surface area contributed by atoms with Gasteiger partial charge in [-0.1, -0.05) is 64.7 Å². The summed E-state index contributed by atoms with van der Waals surface area (Å²) in [5, 5.41) is 3.45. The molecule has 18 heavy (non-hydrogen) atoms. The number of rotatable bonds is 11. The topological polar surface area (TPSA) is 15.3 Å². The third-order valence-corrected chi connectivity index (χ3v) is 3.99. The smallest absolute Gasteiger partial charge is 0.0480 e. The number of hydrogen-bond acceptors (Lipinski definition) is 2. The first-order valence-electron chi connectivity index (χ1n) is 8.36. The molecule has 0 aromatic heterocycles. The lowest BCUT2D eigenvalue weighted by Gasteiger charge is -2.27. The predicted octanol–water partition coefficient (Wildman–Crippen LogP) is 4.16. The molecule has 2 heteroatoms. The van der Waals surface area contributed by atoms with Crippen LogP contribution in [0.1, 0.15) is 77.6 Å². The molecule has 0 amide bonds. The molecule has 1 heterocycles. The predicted molar refractivity (Wildman–Crippen MR) is 80.9 cm³/mol. The second kappa shape index (κ2) is 12.0. The van der Waals surface area contributed by atoms with Crippen molar-refractivity contribution in [3.05, 3.63) is 0 Å². The van der Waals surface area contributed by atoms with E-state index in [2.05, 4.69) is 17.1 Å². The van der Waals surface area contributed by atoms with Gasteiger partial charge in [0.05, 0.1) is 0 Å². The Morgan fingerprint density at radius 1 is 0.833 bits per heavy atom. The molecule has 1 rings (SSSR count). The summed E-state index contributed by atoms with van der Waals surface area (Å²) >= 11 is 0. The molecular weight excluding hydrogens is 220 g/mol. The first kappa shape index (κ1) is 16.0. The summed E-state index contributed by atoms with van der Waals surface area (Å²) in [6, 6.07) is 0. The SMILES string of the molecule is CCCCCCCCCCCCN1CCCNC1. The summed E-state index contributed by atoms with van der Waals surface area (Å²) in [5.41, 5.74) is 0. The zero-order valence-corrected chi connectivity index (χ0v) is 12.6. The molecule has 1 aliphatic rings. The third kappa shape index (κ3) is 8.93. The highest BCUT2D eigenvalue weighted by molar-refractivity contribution is 4.63. The van der Waals surface area contributed by atoms with Gasteiger partial charge in [-0.3, -0.25) is 4.90 Å². The normalized spacial score (nSPS) is 17.2. The Balaban J connectivity index is 1.73. The van der Waals surface area contributed by atoms with E-state index >= 15 is 0 Å². The van der Waals surface area contributed by atoms with E-state index in [1.165, 1.54) is 90.3 Å². The van der Waals surface area contributed by atoms with Crippen LogP contribution in [0.3, 0.4) is 0 Å². The summed E-state index contributed by atoms with van der Waals surface area (Å²) in [4.78, 5) is 2.56. The van der Waals surface area contributed by atoms with Crippen LogP contribution < -0.4 is 5.32 Å². The molecule has 0 aliphatic carbocycles. The molecule has 0 spiro atoms. The Hall–Kier alpha value is -0.0800. The molecule has 0 bridgehead atoms. The molecule has 0 unspecified atom stereocenters. The van der Waals surface area contributed by atoms with Crippen LogP contribution in [0.2, 0.25) is 0 Å². The summed E-state index contributed by atoms with van der Waals surface area (Å²) in [6.07, 6.45) is 15.7. The van der Waals surface area contributed by atoms with Crippen LogP contribution in [0.15, 0.2) is 0 Å². The van der Waals surface area contributed by atoms with Crippen molar-refractivity contribution in [2.75, 3.05) is 26.3 Å². The van der Waals surface area contributed by atoms with Gasteiger partial charge in [-0.15, -0.1) is 0 Å². The van der Waals surface area contributed by atoms with E-state index in [-0.39, 0.29) is 0 Å². The highest BCUT2D eigenvalue weighted by atomic mass is 15.2. The monoisotopic (exact) mass is 254 g/mol. The third-order valence-electron chi connectivity index (χ3n) is 3.99. The van der Waals surface area contributed by atoms with Crippen molar-refractivity contribution in [1.82, 2.24) is 10.2 Å². The fourth-order valence-electron chi connectivity index (χ4n) is 2.76. The fraction of sp³-hybridized carbons (Fsp3) is 1.00.